The summed E-state index contributed by atoms with van der Waals surface area (Å²) in [6, 6.07) is 0. The molecule has 1 aliphatic heterocycles. The van der Waals surface area contributed by atoms with Gasteiger partial charge in [-0.2, -0.15) is 0 Å². The average molecular weight is 254 g/mol. The second-order valence-corrected chi connectivity index (χ2v) is 5.40. The molecule has 0 bridgehead atoms. The number of likely N-dealkylation sites (tertiary alicyclic amines) is 1. The lowest BCUT2D eigenvalue weighted by Gasteiger charge is -2.29. The van der Waals surface area contributed by atoms with E-state index in [0.29, 0.717) is 6.54 Å². The van der Waals surface area contributed by atoms with E-state index in [2.05, 4.69) is 15.5 Å². The van der Waals surface area contributed by atoms with Crippen LogP contribution in [0.3, 0.4) is 0 Å². The molecule has 6 heteroatoms. The van der Waals surface area contributed by atoms with E-state index in [9.17, 15) is 4.79 Å². The highest BCUT2D eigenvalue weighted by Gasteiger charge is 2.25. The van der Waals surface area contributed by atoms with E-state index < -0.39 is 0 Å². The first kappa shape index (κ1) is 12.3. The third-order valence-electron chi connectivity index (χ3n) is 2.92. The number of carbonyl (C=O) groups is 1. The molecule has 1 aliphatic rings. The average Bonchev–Trinajstić information content (AvgIpc) is 2.73. The molecule has 1 saturated heterocycles. The Hall–Kier alpha value is -1.17. The molecule has 5 nitrogen and oxygen atoms in total. The number of hydrogen-bond acceptors (Lipinski definition) is 5. The second-order valence-electron chi connectivity index (χ2n) is 4.33. The van der Waals surface area contributed by atoms with Gasteiger partial charge >= 0.3 is 0 Å². The van der Waals surface area contributed by atoms with E-state index in [1.165, 1.54) is 11.3 Å². The maximum atomic E-state index is 11.9. The Kier molecular flexibility index (Phi) is 3.93. The van der Waals surface area contributed by atoms with Gasteiger partial charge in [0.15, 0.2) is 0 Å². The molecule has 0 saturated carbocycles. The van der Waals surface area contributed by atoms with Crippen molar-refractivity contribution < 1.29 is 4.79 Å². The molecule has 17 heavy (non-hydrogen) atoms. The minimum absolute atomic E-state index is 0.157. The Bertz CT molecular complexity index is 393. The summed E-state index contributed by atoms with van der Waals surface area (Å²) < 4.78 is 0. The highest BCUT2D eigenvalue weighted by molar-refractivity contribution is 7.15. The Morgan fingerprint density at radius 3 is 3.12 bits per heavy atom. The van der Waals surface area contributed by atoms with Crippen LogP contribution in [0.15, 0.2) is 0 Å². The van der Waals surface area contributed by atoms with Gasteiger partial charge in [0.1, 0.15) is 5.01 Å². The van der Waals surface area contributed by atoms with Crippen molar-refractivity contribution in [2.45, 2.75) is 33.2 Å². The highest BCUT2D eigenvalue weighted by Crippen LogP contribution is 2.22. The zero-order chi connectivity index (χ0) is 12.3. The van der Waals surface area contributed by atoms with Crippen molar-refractivity contribution in [1.82, 2.24) is 15.1 Å². The van der Waals surface area contributed by atoms with Gasteiger partial charge in [0, 0.05) is 19.0 Å². The first-order valence-corrected chi connectivity index (χ1v) is 6.87. The maximum absolute atomic E-state index is 11.9. The van der Waals surface area contributed by atoms with Crippen LogP contribution in [0.1, 0.15) is 31.7 Å². The predicted octanol–water partition coefficient (Wildman–Crippen LogP) is 1.73. The van der Waals surface area contributed by atoms with Gasteiger partial charge in [-0.3, -0.25) is 4.79 Å². The van der Waals surface area contributed by atoms with Crippen molar-refractivity contribution in [3.05, 3.63) is 5.01 Å². The molecule has 1 aromatic heterocycles. The molecule has 0 spiro atoms. The number of nitrogens with zero attached hydrogens (tertiary/aromatic N) is 3. The van der Waals surface area contributed by atoms with E-state index in [0.717, 1.165) is 36.1 Å². The molecule has 2 rings (SSSR count). The number of anilines is 1. The van der Waals surface area contributed by atoms with Crippen molar-refractivity contribution in [2.24, 2.45) is 5.92 Å². The first-order valence-electron chi connectivity index (χ1n) is 6.05. The Balaban J connectivity index is 1.97. The van der Waals surface area contributed by atoms with Gasteiger partial charge in [0.25, 0.3) is 0 Å². The first-order chi connectivity index (χ1) is 8.20. The zero-order valence-electron chi connectivity index (χ0n) is 10.3. The molecular weight excluding hydrogens is 236 g/mol. The van der Waals surface area contributed by atoms with E-state index in [1.54, 1.807) is 0 Å². The largest absolute Gasteiger partial charge is 0.360 e. The summed E-state index contributed by atoms with van der Waals surface area (Å²) in [5.41, 5.74) is 0. The number of rotatable bonds is 4. The summed E-state index contributed by atoms with van der Waals surface area (Å²) in [5, 5.41) is 13.0. The van der Waals surface area contributed by atoms with Crippen LogP contribution in [-0.4, -0.2) is 34.1 Å². The van der Waals surface area contributed by atoms with Crippen LogP contribution in [0.2, 0.25) is 0 Å². The minimum atomic E-state index is 0.157. The van der Waals surface area contributed by atoms with Crippen LogP contribution < -0.4 is 5.32 Å². The van der Waals surface area contributed by atoms with E-state index in [4.69, 9.17) is 0 Å². The molecule has 1 unspecified atom stereocenters. The van der Waals surface area contributed by atoms with Gasteiger partial charge in [-0.15, -0.1) is 10.2 Å². The summed E-state index contributed by atoms with van der Waals surface area (Å²) in [5.74, 6) is 0.404. The maximum Gasteiger partial charge on any atom is 0.225 e. The van der Waals surface area contributed by atoms with Crippen molar-refractivity contribution in [1.29, 1.82) is 0 Å². The SMILES string of the molecule is CCNc1nnc(CN2CCCC(C)C2=O)s1. The van der Waals surface area contributed by atoms with Crippen molar-refractivity contribution in [3.8, 4) is 0 Å². The van der Waals surface area contributed by atoms with Crippen molar-refractivity contribution >= 4 is 22.4 Å². The van der Waals surface area contributed by atoms with Crippen LogP contribution in [-0.2, 0) is 11.3 Å². The zero-order valence-corrected chi connectivity index (χ0v) is 11.1. The summed E-state index contributed by atoms with van der Waals surface area (Å²) >= 11 is 1.53. The Morgan fingerprint density at radius 2 is 2.35 bits per heavy atom. The Morgan fingerprint density at radius 1 is 1.53 bits per heavy atom. The van der Waals surface area contributed by atoms with E-state index in [-0.39, 0.29) is 11.8 Å². The third-order valence-corrected chi connectivity index (χ3v) is 3.79. The fraction of sp³-hybridized carbons (Fsp3) is 0.727. The standard InChI is InChI=1S/C11H18N4OS/c1-3-12-11-14-13-9(17-11)7-15-6-4-5-8(2)10(15)16/h8H,3-7H2,1-2H3,(H,12,14). The number of hydrogen-bond donors (Lipinski definition) is 1. The van der Waals surface area contributed by atoms with Crippen LogP contribution in [0.5, 0.6) is 0 Å². The smallest absolute Gasteiger partial charge is 0.225 e. The van der Waals surface area contributed by atoms with Crippen LogP contribution >= 0.6 is 11.3 Å². The van der Waals surface area contributed by atoms with Crippen LogP contribution in [0.25, 0.3) is 0 Å². The van der Waals surface area contributed by atoms with Gasteiger partial charge in [-0.1, -0.05) is 18.3 Å². The molecule has 0 aromatic carbocycles. The Labute approximate surface area is 105 Å². The molecule has 1 fully saturated rings. The number of nitrogens with one attached hydrogen (secondary N) is 1. The number of piperidine rings is 1. The summed E-state index contributed by atoms with van der Waals surface area (Å²) in [4.78, 5) is 13.8. The minimum Gasteiger partial charge on any atom is -0.360 e. The predicted molar refractivity (Wildman–Crippen MR) is 67.9 cm³/mol. The fourth-order valence-electron chi connectivity index (χ4n) is 1.99. The van der Waals surface area contributed by atoms with Gasteiger partial charge in [-0.05, 0) is 19.8 Å². The third kappa shape index (κ3) is 2.94. The lowest BCUT2D eigenvalue weighted by molar-refractivity contribution is -0.138. The second kappa shape index (κ2) is 5.44. The molecule has 0 radical (unpaired) electrons. The normalized spacial score (nSPS) is 20.7. The highest BCUT2D eigenvalue weighted by atomic mass is 32.1. The lowest BCUT2D eigenvalue weighted by atomic mass is 9.99. The molecule has 1 atom stereocenters. The lowest BCUT2D eigenvalue weighted by Crippen LogP contribution is -2.39. The van der Waals surface area contributed by atoms with E-state index >= 15 is 0 Å². The molecule has 1 amide bonds. The summed E-state index contributed by atoms with van der Waals surface area (Å²) in [6.07, 6.45) is 2.10. The quantitative estimate of drug-likeness (QED) is 0.889. The van der Waals surface area contributed by atoms with Gasteiger partial charge in [0.05, 0.1) is 6.54 Å². The molecular formula is C11H18N4OS. The van der Waals surface area contributed by atoms with Crippen molar-refractivity contribution in [2.75, 3.05) is 18.4 Å². The number of carbonyl (C=O) groups excluding carboxylic acids is 1. The van der Waals surface area contributed by atoms with Gasteiger partial charge < -0.3 is 10.2 Å². The number of amides is 1. The molecule has 94 valence electrons. The molecule has 1 N–H and O–H groups in total. The molecule has 2 heterocycles. The van der Waals surface area contributed by atoms with Gasteiger partial charge in [0.2, 0.25) is 11.0 Å². The fourth-order valence-corrected chi connectivity index (χ4v) is 2.82. The molecule has 1 aromatic rings. The van der Waals surface area contributed by atoms with Crippen LogP contribution in [0.4, 0.5) is 5.13 Å². The summed E-state index contributed by atoms with van der Waals surface area (Å²) in [7, 11) is 0. The van der Waals surface area contributed by atoms with Gasteiger partial charge in [-0.25, -0.2) is 0 Å². The summed E-state index contributed by atoms with van der Waals surface area (Å²) in [6.45, 7) is 6.31. The topological polar surface area (TPSA) is 58.1 Å². The number of aromatic nitrogens is 2. The van der Waals surface area contributed by atoms with Crippen molar-refractivity contribution in [3.63, 3.8) is 0 Å². The molecule has 0 aliphatic carbocycles. The van der Waals surface area contributed by atoms with Crippen LogP contribution in [0, 0.1) is 5.92 Å². The monoisotopic (exact) mass is 254 g/mol. The van der Waals surface area contributed by atoms with E-state index in [1.807, 2.05) is 18.7 Å².